The number of rotatable bonds is 11. The quantitative estimate of drug-likeness (QED) is 0.446. The number of carbonyl (C=O) groups excluding carboxylic acids is 1. The first-order valence-corrected chi connectivity index (χ1v) is 13.0. The zero-order valence-corrected chi connectivity index (χ0v) is 20.2. The average molecular weight is 478 g/mol. The Morgan fingerprint density at radius 3 is 2.80 bits per heavy atom. The van der Waals surface area contributed by atoms with Crippen LogP contribution in [0.2, 0.25) is 0 Å². The molecule has 1 atom stereocenters. The van der Waals surface area contributed by atoms with Crippen molar-refractivity contribution in [3.63, 3.8) is 0 Å². The summed E-state index contributed by atoms with van der Waals surface area (Å²) in [6.45, 7) is 1.34. The highest BCUT2D eigenvalue weighted by Crippen LogP contribution is 2.41. The number of carboxylic acid groups (broad SMARTS) is 1. The number of hydrogen-bond acceptors (Lipinski definition) is 5. The Balaban J connectivity index is 1.02. The van der Waals surface area contributed by atoms with Gasteiger partial charge in [0.05, 0.1) is 6.10 Å². The number of carboxylic acids is 1. The van der Waals surface area contributed by atoms with Gasteiger partial charge in [0.15, 0.2) is 0 Å². The molecule has 2 saturated carbocycles. The van der Waals surface area contributed by atoms with E-state index in [0.717, 1.165) is 68.6 Å². The number of nitrogens with one attached hydrogen (secondary N) is 2. The molecule has 186 valence electrons. The van der Waals surface area contributed by atoms with Crippen molar-refractivity contribution >= 4 is 17.7 Å². The van der Waals surface area contributed by atoms with Crippen LogP contribution in [-0.2, 0) is 22.4 Å². The van der Waals surface area contributed by atoms with Gasteiger partial charge in [-0.2, -0.15) is 0 Å². The van der Waals surface area contributed by atoms with E-state index < -0.39 is 12.0 Å². The van der Waals surface area contributed by atoms with E-state index in [1.807, 2.05) is 18.2 Å². The van der Waals surface area contributed by atoms with E-state index in [1.54, 1.807) is 6.07 Å². The van der Waals surface area contributed by atoms with Crippen LogP contribution < -0.4 is 10.6 Å². The molecule has 1 unspecified atom stereocenters. The molecule has 35 heavy (non-hydrogen) atoms. The van der Waals surface area contributed by atoms with Crippen molar-refractivity contribution < 1.29 is 19.4 Å². The molecule has 0 radical (unpaired) electrons. The predicted molar refractivity (Wildman–Crippen MR) is 134 cm³/mol. The Bertz CT molecular complexity index is 1060. The van der Waals surface area contributed by atoms with Gasteiger partial charge in [-0.1, -0.05) is 24.3 Å². The Kier molecular flexibility index (Phi) is 7.32. The number of aryl methyl sites for hydroxylation is 2. The highest BCUT2D eigenvalue weighted by Gasteiger charge is 2.31. The van der Waals surface area contributed by atoms with Gasteiger partial charge < -0.3 is 20.5 Å². The van der Waals surface area contributed by atoms with Gasteiger partial charge in [-0.15, -0.1) is 0 Å². The van der Waals surface area contributed by atoms with Crippen molar-refractivity contribution in [1.29, 1.82) is 0 Å². The van der Waals surface area contributed by atoms with Crippen LogP contribution in [0, 0.1) is 5.92 Å². The molecule has 0 spiro atoms. The Morgan fingerprint density at radius 1 is 1.17 bits per heavy atom. The molecule has 2 fully saturated rings. The SMILES string of the molecule is O=C(NC(CCO[C@H]1C[C@H](CCc2ccc3c(n2)NCCC3)C1)C(=O)O)c1ccccc1C1CC1. The van der Waals surface area contributed by atoms with E-state index in [2.05, 4.69) is 22.8 Å². The number of nitrogens with zero attached hydrogens (tertiary/aromatic N) is 1. The first-order valence-electron chi connectivity index (χ1n) is 13.0. The lowest BCUT2D eigenvalue weighted by Crippen LogP contribution is -2.42. The zero-order valence-electron chi connectivity index (χ0n) is 20.2. The smallest absolute Gasteiger partial charge is 0.326 e. The molecule has 2 aliphatic carbocycles. The summed E-state index contributed by atoms with van der Waals surface area (Å²) >= 11 is 0. The minimum Gasteiger partial charge on any atom is -0.480 e. The van der Waals surface area contributed by atoms with Gasteiger partial charge >= 0.3 is 5.97 Å². The lowest BCUT2D eigenvalue weighted by molar-refractivity contribution is -0.140. The average Bonchev–Trinajstić information content (AvgIpc) is 3.69. The maximum absolute atomic E-state index is 12.8. The Morgan fingerprint density at radius 2 is 2.00 bits per heavy atom. The number of amides is 1. The lowest BCUT2D eigenvalue weighted by Gasteiger charge is -2.35. The molecule has 3 aliphatic rings. The first-order chi connectivity index (χ1) is 17.1. The molecule has 1 aliphatic heterocycles. The zero-order chi connectivity index (χ0) is 24.2. The summed E-state index contributed by atoms with van der Waals surface area (Å²) in [5, 5.41) is 15.7. The lowest BCUT2D eigenvalue weighted by atomic mass is 9.79. The third-order valence-electron chi connectivity index (χ3n) is 7.54. The summed E-state index contributed by atoms with van der Waals surface area (Å²) in [5.41, 5.74) is 4.08. The maximum atomic E-state index is 12.8. The van der Waals surface area contributed by atoms with E-state index in [1.165, 1.54) is 12.0 Å². The van der Waals surface area contributed by atoms with Crippen LogP contribution in [0.3, 0.4) is 0 Å². The van der Waals surface area contributed by atoms with Crippen LogP contribution in [0.25, 0.3) is 0 Å². The largest absolute Gasteiger partial charge is 0.480 e. The highest BCUT2D eigenvalue weighted by atomic mass is 16.5. The summed E-state index contributed by atoms with van der Waals surface area (Å²) < 4.78 is 5.93. The number of anilines is 1. The highest BCUT2D eigenvalue weighted by molar-refractivity contribution is 5.98. The fraction of sp³-hybridized carbons (Fsp3) is 0.536. The third-order valence-corrected chi connectivity index (χ3v) is 7.54. The number of hydrogen-bond donors (Lipinski definition) is 3. The number of aromatic nitrogens is 1. The molecule has 3 N–H and O–H groups in total. The normalized spacial score (nSPS) is 21.8. The summed E-state index contributed by atoms with van der Waals surface area (Å²) in [5.74, 6) is 0.771. The fourth-order valence-electron chi connectivity index (χ4n) is 5.21. The second kappa shape index (κ2) is 10.8. The number of aliphatic carboxylic acids is 1. The molecule has 0 bridgehead atoms. The maximum Gasteiger partial charge on any atom is 0.326 e. The standard InChI is InChI=1S/C28H35N3O4/c32-27(24-6-2-1-5-23(24)19-8-9-19)31-25(28(33)34)13-15-35-22-16-18(17-22)7-11-21-12-10-20-4-3-14-29-26(20)30-21/h1-2,5-6,10,12,18-19,22,25H,3-4,7-9,11,13-17H2,(H,29,30)(H,31,32)(H,33,34)/t18-,22-,25?. The summed E-state index contributed by atoms with van der Waals surface area (Å²) in [7, 11) is 0. The van der Waals surface area contributed by atoms with Crippen LogP contribution in [0.15, 0.2) is 36.4 Å². The van der Waals surface area contributed by atoms with E-state index in [0.29, 0.717) is 24.0 Å². The van der Waals surface area contributed by atoms with E-state index in [9.17, 15) is 14.7 Å². The third kappa shape index (κ3) is 6.01. The minimum absolute atomic E-state index is 0.180. The monoisotopic (exact) mass is 477 g/mol. The van der Waals surface area contributed by atoms with Crippen molar-refractivity contribution in [2.45, 2.75) is 75.9 Å². The van der Waals surface area contributed by atoms with E-state index in [-0.39, 0.29) is 18.4 Å². The van der Waals surface area contributed by atoms with Crippen LogP contribution in [0.1, 0.15) is 78.0 Å². The van der Waals surface area contributed by atoms with Crippen LogP contribution in [-0.4, -0.2) is 47.3 Å². The summed E-state index contributed by atoms with van der Waals surface area (Å²) in [6, 6.07) is 10.9. The molecule has 2 aromatic rings. The van der Waals surface area contributed by atoms with E-state index >= 15 is 0 Å². The first kappa shape index (κ1) is 23.8. The van der Waals surface area contributed by atoms with Gasteiger partial charge in [0.2, 0.25) is 0 Å². The van der Waals surface area contributed by atoms with Crippen LogP contribution >= 0.6 is 0 Å². The van der Waals surface area contributed by atoms with Crippen molar-refractivity contribution in [3.8, 4) is 0 Å². The van der Waals surface area contributed by atoms with Crippen molar-refractivity contribution in [1.82, 2.24) is 10.3 Å². The molecule has 1 aromatic heterocycles. The Labute approximate surface area is 206 Å². The molecule has 1 amide bonds. The van der Waals surface area contributed by atoms with Gasteiger partial charge in [-0.3, -0.25) is 4.79 Å². The number of fused-ring (bicyclic) bond motifs is 1. The number of benzene rings is 1. The fourth-order valence-corrected chi connectivity index (χ4v) is 5.21. The van der Waals surface area contributed by atoms with Gasteiger partial charge in [0.1, 0.15) is 11.9 Å². The summed E-state index contributed by atoms with van der Waals surface area (Å²) in [6.07, 6.45) is 8.97. The van der Waals surface area contributed by atoms with Crippen molar-refractivity contribution in [2.75, 3.05) is 18.5 Å². The second-order valence-electron chi connectivity index (χ2n) is 10.2. The van der Waals surface area contributed by atoms with Gasteiger partial charge in [-0.25, -0.2) is 9.78 Å². The predicted octanol–water partition coefficient (Wildman–Crippen LogP) is 4.32. The van der Waals surface area contributed by atoms with Gasteiger partial charge in [0, 0.05) is 30.8 Å². The number of pyridine rings is 1. The second-order valence-corrected chi connectivity index (χ2v) is 10.2. The molecule has 7 nitrogen and oxygen atoms in total. The summed E-state index contributed by atoms with van der Waals surface area (Å²) in [4.78, 5) is 29.3. The topological polar surface area (TPSA) is 101 Å². The van der Waals surface area contributed by atoms with Crippen LogP contribution in [0.4, 0.5) is 5.82 Å². The molecule has 7 heteroatoms. The van der Waals surface area contributed by atoms with Crippen molar-refractivity contribution in [2.24, 2.45) is 5.92 Å². The number of ether oxygens (including phenoxy) is 1. The molecule has 2 heterocycles. The van der Waals surface area contributed by atoms with Gasteiger partial charge in [-0.05, 0) is 86.5 Å². The molecule has 0 saturated heterocycles. The van der Waals surface area contributed by atoms with Crippen molar-refractivity contribution in [3.05, 3.63) is 58.8 Å². The molecular formula is C28H35N3O4. The molecular weight excluding hydrogens is 442 g/mol. The van der Waals surface area contributed by atoms with Crippen LogP contribution in [0.5, 0.6) is 0 Å². The number of carbonyl (C=O) groups is 2. The molecule has 5 rings (SSSR count). The molecule has 1 aromatic carbocycles. The minimum atomic E-state index is -1.02. The van der Waals surface area contributed by atoms with E-state index in [4.69, 9.17) is 9.72 Å². The van der Waals surface area contributed by atoms with Gasteiger partial charge in [0.25, 0.3) is 5.91 Å². The Hall–Kier alpha value is -2.93.